The maximum Gasteiger partial charge on any atom is 0.227 e. The van der Waals surface area contributed by atoms with E-state index in [1.165, 1.54) is 0 Å². The molecule has 106 valence electrons. The molecule has 1 aromatic carbocycles. The second-order valence-electron chi connectivity index (χ2n) is 5.12. The Labute approximate surface area is 120 Å². The molecule has 1 atom stereocenters. The molecule has 0 bridgehead atoms. The second kappa shape index (κ2) is 7.04. The second-order valence-corrected chi connectivity index (χ2v) is 5.12. The molecule has 3 heteroatoms. The van der Waals surface area contributed by atoms with Crippen molar-refractivity contribution in [2.45, 2.75) is 39.5 Å². The van der Waals surface area contributed by atoms with E-state index in [4.69, 9.17) is 0 Å². The number of pyridine rings is 1. The zero-order valence-electron chi connectivity index (χ0n) is 12.2. The van der Waals surface area contributed by atoms with Gasteiger partial charge >= 0.3 is 0 Å². The van der Waals surface area contributed by atoms with Gasteiger partial charge in [0.25, 0.3) is 0 Å². The summed E-state index contributed by atoms with van der Waals surface area (Å²) in [5.41, 5.74) is 1.66. The number of para-hydroxylation sites is 1. The maximum absolute atomic E-state index is 12.4. The van der Waals surface area contributed by atoms with Crippen molar-refractivity contribution in [1.29, 1.82) is 0 Å². The Morgan fingerprint density at radius 3 is 2.80 bits per heavy atom. The summed E-state index contributed by atoms with van der Waals surface area (Å²) in [4.78, 5) is 16.7. The highest BCUT2D eigenvalue weighted by molar-refractivity contribution is 6.00. The highest BCUT2D eigenvalue weighted by atomic mass is 16.1. The monoisotopic (exact) mass is 270 g/mol. The van der Waals surface area contributed by atoms with E-state index in [2.05, 4.69) is 24.1 Å². The molecule has 0 aliphatic carbocycles. The minimum absolute atomic E-state index is 0.0916. The molecule has 0 saturated carbocycles. The van der Waals surface area contributed by atoms with Crippen molar-refractivity contribution in [1.82, 2.24) is 4.98 Å². The first-order chi connectivity index (χ1) is 9.76. The zero-order valence-corrected chi connectivity index (χ0v) is 12.2. The molecular weight excluding hydrogens is 248 g/mol. The Morgan fingerprint density at radius 2 is 2.05 bits per heavy atom. The summed E-state index contributed by atoms with van der Waals surface area (Å²) in [6, 6.07) is 9.79. The number of carbonyl (C=O) groups is 1. The summed E-state index contributed by atoms with van der Waals surface area (Å²) < 4.78 is 0. The summed E-state index contributed by atoms with van der Waals surface area (Å²) >= 11 is 0. The van der Waals surface area contributed by atoms with Gasteiger partial charge in [0, 0.05) is 17.5 Å². The third kappa shape index (κ3) is 3.35. The highest BCUT2D eigenvalue weighted by Gasteiger charge is 2.16. The van der Waals surface area contributed by atoms with Crippen LogP contribution in [0, 0.1) is 5.92 Å². The van der Waals surface area contributed by atoms with Crippen LogP contribution in [0.4, 0.5) is 5.69 Å². The first-order valence-corrected chi connectivity index (χ1v) is 7.40. The molecule has 0 saturated heterocycles. The van der Waals surface area contributed by atoms with Crippen LogP contribution >= 0.6 is 0 Å². The quantitative estimate of drug-likeness (QED) is 0.845. The number of unbranched alkanes of at least 4 members (excludes halogenated alkanes) is 1. The van der Waals surface area contributed by atoms with Crippen molar-refractivity contribution in [3.63, 3.8) is 0 Å². The van der Waals surface area contributed by atoms with Crippen molar-refractivity contribution < 1.29 is 4.79 Å². The summed E-state index contributed by atoms with van der Waals surface area (Å²) in [6.45, 7) is 4.22. The van der Waals surface area contributed by atoms with E-state index in [0.717, 1.165) is 42.3 Å². The van der Waals surface area contributed by atoms with Gasteiger partial charge in [-0.25, -0.2) is 0 Å². The largest absolute Gasteiger partial charge is 0.324 e. The molecule has 2 aromatic rings. The lowest BCUT2D eigenvalue weighted by Gasteiger charge is -2.15. The molecule has 1 N–H and O–H groups in total. The molecule has 3 nitrogen and oxygen atoms in total. The lowest BCUT2D eigenvalue weighted by atomic mass is 9.98. The molecule has 0 unspecified atom stereocenters. The summed E-state index contributed by atoms with van der Waals surface area (Å²) in [5.74, 6) is 0.202. The van der Waals surface area contributed by atoms with Crippen LogP contribution in [0.2, 0.25) is 0 Å². The summed E-state index contributed by atoms with van der Waals surface area (Å²) in [6.07, 6.45) is 5.81. The number of hydrogen-bond donors (Lipinski definition) is 1. The van der Waals surface area contributed by atoms with Crippen molar-refractivity contribution in [2.24, 2.45) is 5.92 Å². The first kappa shape index (κ1) is 14.5. The van der Waals surface area contributed by atoms with Crippen LogP contribution in [-0.4, -0.2) is 10.9 Å². The minimum Gasteiger partial charge on any atom is -0.324 e. The van der Waals surface area contributed by atoms with Gasteiger partial charge in [0.1, 0.15) is 0 Å². The smallest absolute Gasteiger partial charge is 0.227 e. The van der Waals surface area contributed by atoms with Gasteiger partial charge < -0.3 is 5.32 Å². The number of rotatable bonds is 6. The third-order valence-electron chi connectivity index (χ3n) is 3.66. The number of fused-ring (bicyclic) bond motifs is 1. The fraction of sp³-hybridized carbons (Fsp3) is 0.412. The van der Waals surface area contributed by atoms with Crippen LogP contribution in [0.15, 0.2) is 36.5 Å². The topological polar surface area (TPSA) is 42.0 Å². The Bertz CT molecular complexity index is 575. The molecule has 2 rings (SSSR count). The van der Waals surface area contributed by atoms with Gasteiger partial charge in [-0.15, -0.1) is 0 Å². The molecular formula is C17H22N2O. The summed E-state index contributed by atoms with van der Waals surface area (Å²) in [7, 11) is 0. The number of amides is 1. The number of benzene rings is 1. The Morgan fingerprint density at radius 1 is 1.25 bits per heavy atom. The number of anilines is 1. The van der Waals surface area contributed by atoms with Crippen molar-refractivity contribution in [3.05, 3.63) is 36.5 Å². The van der Waals surface area contributed by atoms with E-state index < -0.39 is 0 Å². The van der Waals surface area contributed by atoms with Crippen molar-refractivity contribution in [3.8, 4) is 0 Å². The fourth-order valence-corrected chi connectivity index (χ4v) is 2.41. The molecule has 1 aromatic heterocycles. The first-order valence-electron chi connectivity index (χ1n) is 7.40. The predicted molar refractivity (Wildman–Crippen MR) is 83.7 cm³/mol. The summed E-state index contributed by atoms with van der Waals surface area (Å²) in [5, 5.41) is 4.09. The van der Waals surface area contributed by atoms with E-state index in [1.807, 2.05) is 30.3 Å². The standard InChI is InChI=1S/C17H22N2O/c1-3-5-8-13(4-2)17(20)19-15-11-6-9-14-10-7-12-18-16(14)15/h6-7,9-13H,3-5,8H2,1-2H3,(H,19,20)/t13-/m1/s1. The van der Waals surface area contributed by atoms with Crippen LogP contribution in [0.3, 0.4) is 0 Å². The van der Waals surface area contributed by atoms with E-state index >= 15 is 0 Å². The van der Waals surface area contributed by atoms with Crippen LogP contribution in [-0.2, 0) is 4.79 Å². The van der Waals surface area contributed by atoms with Crippen molar-refractivity contribution in [2.75, 3.05) is 5.32 Å². The van der Waals surface area contributed by atoms with E-state index in [-0.39, 0.29) is 11.8 Å². The predicted octanol–water partition coefficient (Wildman–Crippen LogP) is 4.39. The highest BCUT2D eigenvalue weighted by Crippen LogP contribution is 2.22. The van der Waals surface area contributed by atoms with Gasteiger partial charge in [-0.2, -0.15) is 0 Å². The van der Waals surface area contributed by atoms with E-state index in [1.54, 1.807) is 6.20 Å². The minimum atomic E-state index is 0.0916. The normalized spacial score (nSPS) is 12.3. The number of carbonyl (C=O) groups excluding carboxylic acids is 1. The maximum atomic E-state index is 12.4. The fourth-order valence-electron chi connectivity index (χ4n) is 2.41. The van der Waals surface area contributed by atoms with Gasteiger partial charge in [0.05, 0.1) is 11.2 Å². The molecule has 0 spiro atoms. The van der Waals surface area contributed by atoms with E-state index in [9.17, 15) is 4.79 Å². The van der Waals surface area contributed by atoms with Crippen LogP contribution in [0.5, 0.6) is 0 Å². The Hall–Kier alpha value is -1.90. The molecule has 0 radical (unpaired) electrons. The molecule has 20 heavy (non-hydrogen) atoms. The van der Waals surface area contributed by atoms with Gasteiger partial charge in [-0.3, -0.25) is 9.78 Å². The molecule has 1 amide bonds. The van der Waals surface area contributed by atoms with Gasteiger partial charge in [-0.1, -0.05) is 44.9 Å². The van der Waals surface area contributed by atoms with Crippen LogP contribution in [0.1, 0.15) is 39.5 Å². The average molecular weight is 270 g/mol. The SMILES string of the molecule is CCCC[C@@H](CC)C(=O)Nc1cccc2cccnc12. The number of nitrogens with one attached hydrogen (secondary N) is 1. The van der Waals surface area contributed by atoms with Crippen LogP contribution < -0.4 is 5.32 Å². The Kier molecular flexibility index (Phi) is 5.10. The van der Waals surface area contributed by atoms with Gasteiger partial charge in [-0.05, 0) is 25.0 Å². The van der Waals surface area contributed by atoms with E-state index in [0.29, 0.717) is 0 Å². The third-order valence-corrected chi connectivity index (χ3v) is 3.66. The lowest BCUT2D eigenvalue weighted by Crippen LogP contribution is -2.22. The molecule has 0 fully saturated rings. The average Bonchev–Trinajstić information content (AvgIpc) is 2.48. The Balaban J connectivity index is 2.17. The van der Waals surface area contributed by atoms with Crippen molar-refractivity contribution >= 4 is 22.5 Å². The number of aromatic nitrogens is 1. The van der Waals surface area contributed by atoms with Crippen LogP contribution in [0.25, 0.3) is 10.9 Å². The molecule has 0 aliphatic heterocycles. The molecule has 1 heterocycles. The lowest BCUT2D eigenvalue weighted by molar-refractivity contribution is -0.120. The number of hydrogen-bond acceptors (Lipinski definition) is 2. The van der Waals surface area contributed by atoms with Gasteiger partial charge in [0.2, 0.25) is 5.91 Å². The number of nitrogens with zero attached hydrogens (tertiary/aromatic N) is 1. The zero-order chi connectivity index (χ0) is 14.4. The molecule has 0 aliphatic rings. The van der Waals surface area contributed by atoms with Gasteiger partial charge in [0.15, 0.2) is 0 Å².